The summed E-state index contributed by atoms with van der Waals surface area (Å²) in [6.45, 7) is 1.10. The van der Waals surface area contributed by atoms with Gasteiger partial charge in [0, 0.05) is 20.0 Å². The van der Waals surface area contributed by atoms with E-state index in [-0.39, 0.29) is 5.91 Å². The van der Waals surface area contributed by atoms with Gasteiger partial charge in [-0.15, -0.1) is 0 Å². The van der Waals surface area contributed by atoms with Crippen LogP contribution in [0.5, 0.6) is 0 Å². The lowest BCUT2D eigenvalue weighted by atomic mass is 10.2. The topological polar surface area (TPSA) is 58.8 Å². The lowest BCUT2D eigenvalue weighted by Crippen LogP contribution is -2.35. The second-order valence-electron chi connectivity index (χ2n) is 3.77. The van der Waals surface area contributed by atoms with Gasteiger partial charge in [-0.2, -0.15) is 0 Å². The molecule has 1 aliphatic rings. The number of anilines is 1. The minimum absolute atomic E-state index is 0.139. The van der Waals surface area contributed by atoms with E-state index in [2.05, 4.69) is 4.84 Å². The molecule has 0 atom stereocenters. The standard InChI is InChI=1S/C11H15N3O2/c1-13-11(15)5-6-14(13)10-4-2-3-9(7-10)8-16-12/h2-4,7H,5-6,8,12H2,1H3. The molecular weight excluding hydrogens is 206 g/mol. The van der Waals surface area contributed by atoms with Gasteiger partial charge in [0.1, 0.15) is 0 Å². The molecule has 1 amide bonds. The summed E-state index contributed by atoms with van der Waals surface area (Å²) in [5.74, 6) is 5.17. The zero-order valence-electron chi connectivity index (χ0n) is 9.22. The Balaban J connectivity index is 2.20. The van der Waals surface area contributed by atoms with Crippen molar-refractivity contribution in [1.82, 2.24) is 5.01 Å². The van der Waals surface area contributed by atoms with Crippen LogP contribution in [0.15, 0.2) is 24.3 Å². The third-order valence-corrected chi connectivity index (χ3v) is 2.72. The van der Waals surface area contributed by atoms with Gasteiger partial charge in [0.05, 0.1) is 12.3 Å². The summed E-state index contributed by atoms with van der Waals surface area (Å²) >= 11 is 0. The van der Waals surface area contributed by atoms with Crippen LogP contribution < -0.4 is 10.9 Å². The number of amides is 1. The van der Waals surface area contributed by atoms with Crippen LogP contribution in [0.25, 0.3) is 0 Å². The first-order chi connectivity index (χ1) is 7.72. The fourth-order valence-corrected chi connectivity index (χ4v) is 1.85. The van der Waals surface area contributed by atoms with E-state index < -0.39 is 0 Å². The Kier molecular flexibility index (Phi) is 3.07. The van der Waals surface area contributed by atoms with Gasteiger partial charge in [0.2, 0.25) is 5.91 Å². The highest BCUT2D eigenvalue weighted by Gasteiger charge is 2.25. The second-order valence-corrected chi connectivity index (χ2v) is 3.77. The summed E-state index contributed by atoms with van der Waals surface area (Å²) < 4.78 is 0. The zero-order valence-corrected chi connectivity index (χ0v) is 9.22. The Morgan fingerprint density at radius 2 is 2.31 bits per heavy atom. The SMILES string of the molecule is CN1C(=O)CCN1c1cccc(CON)c1. The minimum Gasteiger partial charge on any atom is -0.300 e. The number of nitrogens with zero attached hydrogens (tertiary/aromatic N) is 2. The molecule has 2 N–H and O–H groups in total. The van der Waals surface area contributed by atoms with Crippen molar-refractivity contribution in [2.24, 2.45) is 5.90 Å². The zero-order chi connectivity index (χ0) is 11.5. The monoisotopic (exact) mass is 221 g/mol. The quantitative estimate of drug-likeness (QED) is 0.762. The molecule has 1 saturated heterocycles. The number of hydrogen-bond acceptors (Lipinski definition) is 4. The van der Waals surface area contributed by atoms with Crippen LogP contribution in [-0.2, 0) is 16.2 Å². The highest BCUT2D eigenvalue weighted by atomic mass is 16.6. The summed E-state index contributed by atoms with van der Waals surface area (Å²) in [4.78, 5) is 16.0. The first-order valence-electron chi connectivity index (χ1n) is 5.17. The van der Waals surface area contributed by atoms with Gasteiger partial charge in [-0.3, -0.25) is 19.6 Å². The Labute approximate surface area is 94.3 Å². The molecule has 0 spiro atoms. The molecule has 16 heavy (non-hydrogen) atoms. The Morgan fingerprint density at radius 3 is 2.94 bits per heavy atom. The van der Waals surface area contributed by atoms with E-state index in [1.165, 1.54) is 0 Å². The Morgan fingerprint density at radius 1 is 1.50 bits per heavy atom. The number of carbonyl (C=O) groups is 1. The number of benzene rings is 1. The van der Waals surface area contributed by atoms with E-state index in [4.69, 9.17) is 5.90 Å². The summed E-state index contributed by atoms with van der Waals surface area (Å²) in [6, 6.07) is 7.81. The van der Waals surface area contributed by atoms with Crippen LogP contribution >= 0.6 is 0 Å². The van der Waals surface area contributed by atoms with E-state index in [0.717, 1.165) is 17.8 Å². The van der Waals surface area contributed by atoms with E-state index in [0.29, 0.717) is 13.0 Å². The molecule has 2 rings (SSSR count). The predicted octanol–water partition coefficient (Wildman–Crippen LogP) is 0.660. The molecule has 0 aliphatic carbocycles. The first kappa shape index (κ1) is 10.9. The maximum Gasteiger partial charge on any atom is 0.242 e. The lowest BCUT2D eigenvalue weighted by Gasteiger charge is -2.26. The van der Waals surface area contributed by atoms with Crippen molar-refractivity contribution in [1.29, 1.82) is 0 Å². The fraction of sp³-hybridized carbons (Fsp3) is 0.364. The maximum atomic E-state index is 11.4. The van der Waals surface area contributed by atoms with Crippen molar-refractivity contribution in [2.75, 3.05) is 18.6 Å². The average molecular weight is 221 g/mol. The molecule has 0 bridgehead atoms. The van der Waals surface area contributed by atoms with Gasteiger partial charge >= 0.3 is 0 Å². The van der Waals surface area contributed by atoms with Gasteiger partial charge in [-0.1, -0.05) is 12.1 Å². The smallest absolute Gasteiger partial charge is 0.242 e. The third-order valence-electron chi connectivity index (χ3n) is 2.72. The van der Waals surface area contributed by atoms with E-state index in [9.17, 15) is 4.79 Å². The molecule has 0 radical (unpaired) electrons. The summed E-state index contributed by atoms with van der Waals surface area (Å²) in [5, 5.41) is 3.59. The highest BCUT2D eigenvalue weighted by Crippen LogP contribution is 2.22. The molecule has 1 heterocycles. The molecule has 1 aliphatic heterocycles. The van der Waals surface area contributed by atoms with Crippen LogP contribution in [0.2, 0.25) is 0 Å². The molecule has 5 heteroatoms. The number of rotatable bonds is 3. The van der Waals surface area contributed by atoms with Crippen LogP contribution in [0.1, 0.15) is 12.0 Å². The highest BCUT2D eigenvalue weighted by molar-refractivity contribution is 5.81. The predicted molar refractivity (Wildman–Crippen MR) is 60.2 cm³/mol. The minimum atomic E-state index is 0.139. The lowest BCUT2D eigenvalue weighted by molar-refractivity contribution is -0.126. The van der Waals surface area contributed by atoms with Gasteiger partial charge < -0.3 is 0 Å². The first-order valence-corrected chi connectivity index (χ1v) is 5.17. The molecule has 1 fully saturated rings. The van der Waals surface area contributed by atoms with Crippen molar-refractivity contribution < 1.29 is 9.63 Å². The van der Waals surface area contributed by atoms with Gasteiger partial charge in [-0.05, 0) is 17.7 Å². The molecule has 1 aromatic carbocycles. The fourth-order valence-electron chi connectivity index (χ4n) is 1.85. The maximum absolute atomic E-state index is 11.4. The normalized spacial score (nSPS) is 16.0. The number of hydrazine groups is 1. The van der Waals surface area contributed by atoms with Gasteiger partial charge in [0.25, 0.3) is 0 Å². The van der Waals surface area contributed by atoms with Crippen LogP contribution in [-0.4, -0.2) is 24.5 Å². The molecule has 86 valence electrons. The summed E-state index contributed by atoms with van der Waals surface area (Å²) in [6.07, 6.45) is 0.564. The van der Waals surface area contributed by atoms with Crippen LogP contribution in [0.3, 0.4) is 0 Å². The molecular formula is C11H15N3O2. The largest absolute Gasteiger partial charge is 0.300 e. The van der Waals surface area contributed by atoms with Gasteiger partial charge in [0.15, 0.2) is 0 Å². The molecule has 0 aromatic heterocycles. The van der Waals surface area contributed by atoms with Crippen molar-refractivity contribution in [3.8, 4) is 0 Å². The molecule has 5 nitrogen and oxygen atoms in total. The molecule has 0 saturated carbocycles. The Hall–Kier alpha value is -1.59. The third kappa shape index (κ3) is 2.00. The van der Waals surface area contributed by atoms with Crippen molar-refractivity contribution in [2.45, 2.75) is 13.0 Å². The number of hydrogen-bond donors (Lipinski definition) is 1. The number of carbonyl (C=O) groups excluding carboxylic acids is 1. The van der Waals surface area contributed by atoms with Crippen molar-refractivity contribution in [3.63, 3.8) is 0 Å². The summed E-state index contributed by atoms with van der Waals surface area (Å²) in [5.41, 5.74) is 1.98. The van der Waals surface area contributed by atoms with Gasteiger partial charge in [-0.25, -0.2) is 5.90 Å². The van der Waals surface area contributed by atoms with Crippen molar-refractivity contribution >= 4 is 11.6 Å². The second kappa shape index (κ2) is 4.51. The Bertz CT molecular complexity index is 395. The van der Waals surface area contributed by atoms with E-state index in [1.807, 2.05) is 29.3 Å². The average Bonchev–Trinajstić information content (AvgIpc) is 2.61. The van der Waals surface area contributed by atoms with E-state index in [1.54, 1.807) is 12.1 Å². The van der Waals surface area contributed by atoms with Crippen molar-refractivity contribution in [3.05, 3.63) is 29.8 Å². The summed E-state index contributed by atoms with van der Waals surface area (Å²) in [7, 11) is 1.78. The molecule has 1 aromatic rings. The molecule has 0 unspecified atom stereocenters. The number of nitrogens with two attached hydrogens (primary N) is 1. The van der Waals surface area contributed by atoms with Crippen LogP contribution in [0.4, 0.5) is 5.69 Å². The van der Waals surface area contributed by atoms with Crippen LogP contribution in [0, 0.1) is 0 Å². The van der Waals surface area contributed by atoms with E-state index >= 15 is 0 Å².